The minimum Gasteiger partial charge on any atom is -0.464 e. The largest absolute Gasteiger partial charge is 0.464 e. The molecule has 0 aliphatic carbocycles. The fraction of sp³-hybridized carbons (Fsp3) is 0.273. The van der Waals surface area contributed by atoms with Crippen LogP contribution in [0.5, 0.6) is 0 Å². The first-order valence-electron chi connectivity index (χ1n) is 4.58. The van der Waals surface area contributed by atoms with E-state index in [0.29, 0.717) is 6.42 Å². The number of benzene rings is 1. The average Bonchev–Trinajstić information content (AvgIpc) is 2.50. The van der Waals surface area contributed by atoms with Crippen LogP contribution in [0.25, 0.3) is 11.0 Å². The van der Waals surface area contributed by atoms with Crippen molar-refractivity contribution in [1.29, 1.82) is 0 Å². The number of furan rings is 1. The molecule has 0 aliphatic rings. The van der Waals surface area contributed by atoms with Crippen LogP contribution < -0.4 is 5.73 Å². The van der Waals surface area contributed by atoms with Crippen LogP contribution in [0, 0.1) is 5.82 Å². The van der Waals surface area contributed by atoms with E-state index in [2.05, 4.69) is 0 Å². The van der Waals surface area contributed by atoms with Gasteiger partial charge in [0.1, 0.15) is 11.4 Å². The molecule has 0 unspecified atom stereocenters. The molecule has 0 saturated carbocycles. The molecule has 0 radical (unpaired) electrons. The summed E-state index contributed by atoms with van der Waals surface area (Å²) in [6.45, 7) is 1.89. The summed E-state index contributed by atoms with van der Waals surface area (Å²) in [4.78, 5) is 0. The third-order valence-corrected chi connectivity index (χ3v) is 2.13. The quantitative estimate of drug-likeness (QED) is 0.860. The number of hydrogen-bond acceptors (Lipinski definition) is 2. The lowest BCUT2D eigenvalue weighted by Gasteiger charge is -2.05. The lowest BCUT2D eigenvalue weighted by molar-refractivity contribution is 0.597. The van der Waals surface area contributed by atoms with Crippen LogP contribution in [-0.2, 0) is 6.42 Å². The van der Waals surface area contributed by atoms with Crippen LogP contribution in [-0.4, -0.2) is 6.04 Å². The van der Waals surface area contributed by atoms with Crippen LogP contribution in [0.1, 0.15) is 12.5 Å². The van der Waals surface area contributed by atoms with E-state index in [9.17, 15) is 4.39 Å². The molecule has 15 heavy (non-hydrogen) atoms. The van der Waals surface area contributed by atoms with Gasteiger partial charge < -0.3 is 10.2 Å². The molecule has 82 valence electrons. The molecule has 4 heteroatoms. The Kier molecular flexibility index (Phi) is 3.72. The van der Waals surface area contributed by atoms with Crippen molar-refractivity contribution in [2.75, 3.05) is 0 Å². The van der Waals surface area contributed by atoms with Crippen molar-refractivity contribution in [2.24, 2.45) is 5.73 Å². The zero-order valence-electron chi connectivity index (χ0n) is 8.37. The molecule has 1 atom stereocenters. The third kappa shape index (κ3) is 2.49. The predicted molar refractivity (Wildman–Crippen MR) is 60.8 cm³/mol. The second-order valence-electron chi connectivity index (χ2n) is 3.59. The van der Waals surface area contributed by atoms with E-state index in [4.69, 9.17) is 10.2 Å². The van der Waals surface area contributed by atoms with Gasteiger partial charge in [-0.05, 0) is 37.1 Å². The molecule has 0 aliphatic heterocycles. The number of hydrogen-bond donors (Lipinski definition) is 1. The Morgan fingerprint density at radius 1 is 1.47 bits per heavy atom. The third-order valence-electron chi connectivity index (χ3n) is 2.13. The first-order valence-corrected chi connectivity index (χ1v) is 4.58. The molecule has 2 aromatic rings. The van der Waals surface area contributed by atoms with Gasteiger partial charge in [-0.2, -0.15) is 0 Å². The summed E-state index contributed by atoms with van der Waals surface area (Å²) in [5.41, 5.74) is 7.24. The normalized spacial score (nSPS) is 12.5. The molecule has 2 rings (SSSR count). The van der Waals surface area contributed by atoms with E-state index in [1.807, 2.05) is 6.92 Å². The van der Waals surface area contributed by atoms with Gasteiger partial charge in [-0.1, -0.05) is 0 Å². The van der Waals surface area contributed by atoms with Crippen LogP contribution in [0.2, 0.25) is 0 Å². The van der Waals surface area contributed by atoms with Crippen molar-refractivity contribution in [3.8, 4) is 0 Å². The highest BCUT2D eigenvalue weighted by Crippen LogP contribution is 2.22. The van der Waals surface area contributed by atoms with Crippen molar-refractivity contribution >= 4 is 23.4 Å². The number of fused-ring (bicyclic) bond motifs is 1. The van der Waals surface area contributed by atoms with E-state index in [1.165, 1.54) is 12.1 Å². The Morgan fingerprint density at radius 3 is 2.87 bits per heavy atom. The highest BCUT2D eigenvalue weighted by Gasteiger charge is 2.08. The Bertz CT molecular complexity index is 453. The molecule has 2 nitrogen and oxygen atoms in total. The number of nitrogens with two attached hydrogens (primary N) is 1. The van der Waals surface area contributed by atoms with Crippen molar-refractivity contribution in [3.63, 3.8) is 0 Å². The Balaban J connectivity index is 0.00000112. The van der Waals surface area contributed by atoms with E-state index in [0.717, 1.165) is 16.5 Å². The first kappa shape index (κ1) is 12.0. The molecule has 0 spiro atoms. The molecule has 0 fully saturated rings. The average molecular weight is 230 g/mol. The molecule has 2 N–H and O–H groups in total. The highest BCUT2D eigenvalue weighted by molar-refractivity contribution is 5.85. The topological polar surface area (TPSA) is 39.2 Å². The summed E-state index contributed by atoms with van der Waals surface area (Å²) >= 11 is 0. The second-order valence-corrected chi connectivity index (χ2v) is 3.59. The van der Waals surface area contributed by atoms with Gasteiger partial charge >= 0.3 is 0 Å². The Morgan fingerprint density at radius 2 is 2.20 bits per heavy atom. The molecule has 0 bridgehead atoms. The van der Waals surface area contributed by atoms with Crippen LogP contribution >= 0.6 is 12.4 Å². The SMILES string of the molecule is C[C@@H](N)Cc1cc(F)cc2ccoc12.Cl. The molecule has 0 saturated heterocycles. The lowest BCUT2D eigenvalue weighted by Crippen LogP contribution is -2.17. The van der Waals surface area contributed by atoms with Gasteiger partial charge in [0.25, 0.3) is 0 Å². The maximum absolute atomic E-state index is 13.1. The summed E-state index contributed by atoms with van der Waals surface area (Å²) in [6, 6.07) is 4.70. The van der Waals surface area contributed by atoms with Gasteiger partial charge in [0.15, 0.2) is 0 Å². The Labute approximate surface area is 93.7 Å². The summed E-state index contributed by atoms with van der Waals surface area (Å²) in [5, 5.41) is 0.792. The van der Waals surface area contributed by atoms with Crippen molar-refractivity contribution in [2.45, 2.75) is 19.4 Å². The van der Waals surface area contributed by atoms with Gasteiger partial charge in [0.05, 0.1) is 6.26 Å². The van der Waals surface area contributed by atoms with Gasteiger partial charge in [-0.25, -0.2) is 4.39 Å². The van der Waals surface area contributed by atoms with Crippen LogP contribution in [0.3, 0.4) is 0 Å². The summed E-state index contributed by atoms with van der Waals surface area (Å²) in [6.07, 6.45) is 2.19. The molecule has 1 heterocycles. The predicted octanol–water partition coefficient (Wildman–Crippen LogP) is 2.88. The molecular formula is C11H13ClFNO. The van der Waals surface area contributed by atoms with Crippen LogP contribution in [0.4, 0.5) is 4.39 Å². The number of halogens is 2. The van der Waals surface area contributed by atoms with Crippen molar-refractivity contribution in [3.05, 3.63) is 35.8 Å². The molecular weight excluding hydrogens is 217 g/mol. The van der Waals surface area contributed by atoms with E-state index < -0.39 is 0 Å². The maximum Gasteiger partial charge on any atom is 0.137 e. The zero-order chi connectivity index (χ0) is 10.1. The fourth-order valence-electron chi connectivity index (χ4n) is 1.61. The fourth-order valence-corrected chi connectivity index (χ4v) is 1.61. The van der Waals surface area contributed by atoms with Crippen LogP contribution in [0.15, 0.2) is 28.9 Å². The Hall–Kier alpha value is -1.06. The summed E-state index contributed by atoms with van der Waals surface area (Å²) in [7, 11) is 0. The molecule has 0 amide bonds. The highest BCUT2D eigenvalue weighted by atomic mass is 35.5. The van der Waals surface area contributed by atoms with Crippen molar-refractivity contribution in [1.82, 2.24) is 0 Å². The van der Waals surface area contributed by atoms with E-state index in [-0.39, 0.29) is 24.3 Å². The minimum absolute atomic E-state index is 0. The summed E-state index contributed by atoms with van der Waals surface area (Å²) < 4.78 is 18.4. The standard InChI is InChI=1S/C11H12FNO.ClH/c1-7(13)4-9-6-10(12)5-8-2-3-14-11(8)9;/h2-3,5-7H,4,13H2,1H3;1H/t7-;/m1./s1. The first-order chi connectivity index (χ1) is 6.66. The van der Waals surface area contributed by atoms with Gasteiger partial charge in [0, 0.05) is 11.4 Å². The minimum atomic E-state index is -0.241. The molecule has 1 aromatic heterocycles. The zero-order valence-corrected chi connectivity index (χ0v) is 9.18. The second kappa shape index (κ2) is 4.64. The monoisotopic (exact) mass is 229 g/mol. The molecule has 1 aromatic carbocycles. The number of rotatable bonds is 2. The van der Waals surface area contributed by atoms with E-state index >= 15 is 0 Å². The van der Waals surface area contributed by atoms with Crippen molar-refractivity contribution < 1.29 is 8.81 Å². The van der Waals surface area contributed by atoms with Gasteiger partial charge in [-0.15, -0.1) is 12.4 Å². The lowest BCUT2D eigenvalue weighted by atomic mass is 10.1. The van der Waals surface area contributed by atoms with E-state index in [1.54, 1.807) is 12.3 Å². The smallest absolute Gasteiger partial charge is 0.137 e. The van der Waals surface area contributed by atoms with Gasteiger partial charge in [0.2, 0.25) is 0 Å². The maximum atomic E-state index is 13.1. The van der Waals surface area contributed by atoms with Gasteiger partial charge in [-0.3, -0.25) is 0 Å². The summed E-state index contributed by atoms with van der Waals surface area (Å²) in [5.74, 6) is -0.241.